The molecule has 1 atom stereocenters. The van der Waals surface area contributed by atoms with Crippen molar-refractivity contribution in [2.45, 2.75) is 6.10 Å². The van der Waals surface area contributed by atoms with E-state index in [0.29, 0.717) is 25.4 Å². The summed E-state index contributed by atoms with van der Waals surface area (Å²) in [5.41, 5.74) is 1.47. The van der Waals surface area contributed by atoms with E-state index < -0.39 is 0 Å². The average molecular weight is 387 g/mol. The van der Waals surface area contributed by atoms with E-state index >= 15 is 0 Å². The molecular weight excluding hydrogens is 372 g/mol. The zero-order valence-electron chi connectivity index (χ0n) is 11.3. The number of Topliss-reactive ketones (excluding diaryl/α,β-unsaturated/α-hetero) is 1. The Morgan fingerprint density at radius 2 is 1.86 bits per heavy atom. The third-order valence-corrected chi connectivity index (χ3v) is 6.53. The molecule has 3 rings (SSSR count). The van der Waals surface area contributed by atoms with Gasteiger partial charge in [0.05, 0.1) is 25.4 Å². The molecule has 112 valence electrons. The van der Waals surface area contributed by atoms with Gasteiger partial charge < -0.3 is 9.47 Å². The predicted octanol–water partition coefficient (Wildman–Crippen LogP) is 3.74. The van der Waals surface area contributed by atoms with Crippen molar-refractivity contribution in [3.05, 3.63) is 44.1 Å². The summed E-state index contributed by atoms with van der Waals surface area (Å²) in [4.78, 5) is 12.9. The quantitative estimate of drug-likeness (QED) is 0.583. The summed E-state index contributed by atoms with van der Waals surface area (Å²) in [7, 11) is 0. The Morgan fingerprint density at radius 3 is 2.48 bits per heavy atom. The monoisotopic (exact) mass is 386 g/mol. The van der Waals surface area contributed by atoms with E-state index in [1.165, 1.54) is 0 Å². The van der Waals surface area contributed by atoms with Crippen LogP contribution >= 0.6 is 39.5 Å². The number of carbonyl (C=O) groups excluding carboxylic acids is 1. The summed E-state index contributed by atoms with van der Waals surface area (Å²) in [6.07, 6.45) is -0.247. The van der Waals surface area contributed by atoms with E-state index in [-0.39, 0.29) is 11.9 Å². The van der Waals surface area contributed by atoms with E-state index in [0.717, 1.165) is 25.8 Å². The first-order valence-electron chi connectivity index (χ1n) is 6.75. The van der Waals surface area contributed by atoms with E-state index in [1.807, 2.05) is 24.3 Å². The highest BCUT2D eigenvalue weighted by atomic mass is 79.9. The summed E-state index contributed by atoms with van der Waals surface area (Å²) in [6, 6.07) is 7.48. The molecule has 0 radical (unpaired) electrons. The molecule has 2 aliphatic rings. The second kappa shape index (κ2) is 7.33. The molecule has 0 amide bonds. The van der Waals surface area contributed by atoms with E-state index in [2.05, 4.69) is 15.9 Å². The van der Waals surface area contributed by atoms with Crippen LogP contribution in [0.4, 0.5) is 0 Å². The normalized spacial score (nSPS) is 22.3. The van der Waals surface area contributed by atoms with E-state index in [9.17, 15) is 4.79 Å². The van der Waals surface area contributed by atoms with Crippen LogP contribution in [-0.4, -0.2) is 43.2 Å². The molecular formula is C15H15BrO3S2. The van der Waals surface area contributed by atoms with Crippen molar-refractivity contribution in [3.63, 3.8) is 0 Å². The fraction of sp³-hybridized carbons (Fsp3) is 0.400. The third kappa shape index (κ3) is 3.74. The van der Waals surface area contributed by atoms with Crippen LogP contribution in [0.5, 0.6) is 0 Å². The lowest BCUT2D eigenvalue weighted by Gasteiger charge is -2.25. The van der Waals surface area contributed by atoms with Crippen LogP contribution in [0.1, 0.15) is 10.4 Å². The Morgan fingerprint density at radius 1 is 1.14 bits per heavy atom. The van der Waals surface area contributed by atoms with Crippen LogP contribution in [0.25, 0.3) is 0 Å². The zero-order chi connectivity index (χ0) is 14.7. The summed E-state index contributed by atoms with van der Waals surface area (Å²) in [5.74, 6) is 2.14. The second-order valence-corrected chi connectivity index (χ2v) is 8.05. The summed E-state index contributed by atoms with van der Waals surface area (Å²) in [5, 5.41) is 0. The number of benzene rings is 1. The zero-order valence-corrected chi connectivity index (χ0v) is 14.6. The third-order valence-electron chi connectivity index (χ3n) is 3.26. The number of hydrogen-bond acceptors (Lipinski definition) is 5. The molecule has 0 spiro atoms. The topological polar surface area (TPSA) is 35.5 Å². The molecule has 0 aromatic heterocycles. The van der Waals surface area contributed by atoms with Gasteiger partial charge in [0.25, 0.3) is 0 Å². The second-order valence-electron chi connectivity index (χ2n) is 4.67. The molecule has 0 saturated carbocycles. The highest BCUT2D eigenvalue weighted by Crippen LogP contribution is 2.41. The molecule has 1 unspecified atom stereocenters. The minimum absolute atomic E-state index is 0.0508. The Labute approximate surface area is 141 Å². The SMILES string of the molecule is O=C(C(=C1SCCS1)C1COCCO1)c1ccc(Br)cc1. The number of rotatable bonds is 3. The lowest BCUT2D eigenvalue weighted by molar-refractivity contribution is -0.0712. The van der Waals surface area contributed by atoms with Crippen LogP contribution in [0.15, 0.2) is 38.5 Å². The smallest absolute Gasteiger partial charge is 0.193 e. The standard InChI is InChI=1S/C15H15BrO3S2/c16-11-3-1-10(2-4-11)14(17)13(15-20-7-8-21-15)12-9-18-5-6-19-12/h1-4,12H,5-9H2. The van der Waals surface area contributed by atoms with Gasteiger partial charge in [0.2, 0.25) is 0 Å². The molecule has 0 N–H and O–H groups in total. The Balaban J connectivity index is 1.92. The van der Waals surface area contributed by atoms with Gasteiger partial charge in [0.15, 0.2) is 5.78 Å². The molecule has 1 aromatic rings. The summed E-state index contributed by atoms with van der Waals surface area (Å²) < 4.78 is 13.3. The molecule has 2 fully saturated rings. The number of ether oxygens (including phenoxy) is 2. The fourth-order valence-electron chi connectivity index (χ4n) is 2.25. The minimum atomic E-state index is -0.247. The highest BCUT2D eigenvalue weighted by molar-refractivity contribution is 9.10. The number of thioether (sulfide) groups is 2. The highest BCUT2D eigenvalue weighted by Gasteiger charge is 2.30. The number of hydrogen-bond donors (Lipinski definition) is 0. The van der Waals surface area contributed by atoms with Gasteiger partial charge in [-0.2, -0.15) is 0 Å². The molecule has 2 saturated heterocycles. The molecule has 2 aliphatic heterocycles. The van der Waals surface area contributed by atoms with Gasteiger partial charge >= 0.3 is 0 Å². The van der Waals surface area contributed by atoms with Gasteiger partial charge in [-0.1, -0.05) is 15.9 Å². The lowest BCUT2D eigenvalue weighted by atomic mass is 10.0. The molecule has 3 nitrogen and oxygen atoms in total. The van der Waals surface area contributed by atoms with E-state index in [4.69, 9.17) is 9.47 Å². The van der Waals surface area contributed by atoms with Crippen molar-refractivity contribution in [2.24, 2.45) is 0 Å². The molecule has 0 bridgehead atoms. The van der Waals surface area contributed by atoms with Crippen molar-refractivity contribution in [1.82, 2.24) is 0 Å². The average Bonchev–Trinajstić information content (AvgIpc) is 3.03. The summed E-state index contributed by atoms with van der Waals surface area (Å²) >= 11 is 6.89. The van der Waals surface area contributed by atoms with Gasteiger partial charge in [-0.25, -0.2) is 0 Å². The maximum absolute atomic E-state index is 12.9. The first-order chi connectivity index (χ1) is 10.3. The predicted molar refractivity (Wildman–Crippen MR) is 91.0 cm³/mol. The largest absolute Gasteiger partial charge is 0.376 e. The van der Waals surface area contributed by atoms with E-state index in [1.54, 1.807) is 23.5 Å². The molecule has 0 aliphatic carbocycles. The number of carbonyl (C=O) groups is 1. The molecule has 21 heavy (non-hydrogen) atoms. The van der Waals surface area contributed by atoms with Crippen molar-refractivity contribution < 1.29 is 14.3 Å². The van der Waals surface area contributed by atoms with Crippen LogP contribution in [-0.2, 0) is 9.47 Å². The lowest BCUT2D eigenvalue weighted by Crippen LogP contribution is -2.33. The van der Waals surface area contributed by atoms with Crippen molar-refractivity contribution >= 4 is 45.2 Å². The first kappa shape index (κ1) is 15.6. The van der Waals surface area contributed by atoms with Gasteiger partial charge in [-0.05, 0) is 24.3 Å². The molecule has 2 heterocycles. The Bertz CT molecular complexity index is 543. The fourth-order valence-corrected chi connectivity index (χ4v) is 5.14. The molecule has 1 aromatic carbocycles. The van der Waals surface area contributed by atoms with Crippen molar-refractivity contribution in [1.29, 1.82) is 0 Å². The van der Waals surface area contributed by atoms with Crippen molar-refractivity contribution in [2.75, 3.05) is 31.3 Å². The van der Waals surface area contributed by atoms with Gasteiger partial charge in [-0.15, -0.1) is 23.5 Å². The van der Waals surface area contributed by atoms with Crippen molar-refractivity contribution in [3.8, 4) is 0 Å². The molecule has 6 heteroatoms. The minimum Gasteiger partial charge on any atom is -0.376 e. The summed E-state index contributed by atoms with van der Waals surface area (Å²) in [6.45, 7) is 1.61. The maximum Gasteiger partial charge on any atom is 0.193 e. The van der Waals surface area contributed by atoms with Crippen LogP contribution in [0, 0.1) is 0 Å². The number of halogens is 1. The number of ketones is 1. The van der Waals surface area contributed by atoms with Crippen LogP contribution < -0.4 is 0 Å². The van der Waals surface area contributed by atoms with Crippen LogP contribution in [0.3, 0.4) is 0 Å². The first-order valence-corrected chi connectivity index (χ1v) is 9.51. The Hall–Kier alpha value is -0.270. The van der Waals surface area contributed by atoms with Gasteiger partial charge in [-0.3, -0.25) is 4.79 Å². The van der Waals surface area contributed by atoms with Gasteiger partial charge in [0, 0.05) is 25.8 Å². The Kier molecular flexibility index (Phi) is 5.45. The maximum atomic E-state index is 12.9. The van der Waals surface area contributed by atoms with Gasteiger partial charge in [0.1, 0.15) is 6.10 Å². The van der Waals surface area contributed by atoms with Crippen LogP contribution in [0.2, 0.25) is 0 Å².